The van der Waals surface area contributed by atoms with Crippen LogP contribution in [0.1, 0.15) is 22.2 Å². The average molecular weight is 251 g/mol. The van der Waals surface area contributed by atoms with Crippen molar-refractivity contribution >= 4 is 10.1 Å². The zero-order valence-electron chi connectivity index (χ0n) is 10.6. The normalized spacial score (nSPS) is 14.5. The van der Waals surface area contributed by atoms with Crippen molar-refractivity contribution in [1.82, 2.24) is 0 Å². The quantitative estimate of drug-likeness (QED) is 0.298. The molecule has 0 aliphatic carbocycles. The van der Waals surface area contributed by atoms with Crippen molar-refractivity contribution < 1.29 is 53.4 Å². The van der Waals surface area contributed by atoms with Crippen LogP contribution in [-0.2, 0) is 19.6 Å². The molecule has 0 heterocycles. The van der Waals surface area contributed by atoms with E-state index in [2.05, 4.69) is 0 Å². The Morgan fingerprint density at radius 1 is 1.40 bits per heavy atom. The summed E-state index contributed by atoms with van der Waals surface area (Å²) < 4.78 is 41.0. The van der Waals surface area contributed by atoms with Gasteiger partial charge in [0.1, 0.15) is 0 Å². The molecule has 0 spiro atoms. The van der Waals surface area contributed by atoms with Gasteiger partial charge in [0.15, 0.2) is 0 Å². The SMILES string of the molecule is CCOC(OCC)(C(C)N)S(=O)(=O)O.[H-].[Na+]. The van der Waals surface area contributed by atoms with Gasteiger partial charge >= 0.3 is 44.8 Å². The molecule has 0 aromatic rings. The van der Waals surface area contributed by atoms with Crippen LogP contribution in [0.3, 0.4) is 0 Å². The molecule has 0 saturated heterocycles. The van der Waals surface area contributed by atoms with Crippen LogP contribution in [0.25, 0.3) is 0 Å². The molecule has 6 nitrogen and oxygen atoms in total. The molecule has 0 radical (unpaired) electrons. The van der Waals surface area contributed by atoms with E-state index in [0.717, 1.165) is 0 Å². The first-order valence-corrected chi connectivity index (χ1v) is 5.76. The van der Waals surface area contributed by atoms with Crippen molar-refractivity contribution in [2.24, 2.45) is 5.73 Å². The van der Waals surface area contributed by atoms with E-state index in [0.29, 0.717) is 0 Å². The summed E-state index contributed by atoms with van der Waals surface area (Å²) in [5, 5.41) is -2.16. The van der Waals surface area contributed by atoms with Gasteiger partial charge in [-0.3, -0.25) is 4.55 Å². The first-order chi connectivity index (χ1) is 6.31. The van der Waals surface area contributed by atoms with Crippen LogP contribution in [0, 0.1) is 0 Å². The molecule has 88 valence electrons. The minimum atomic E-state index is -4.52. The van der Waals surface area contributed by atoms with E-state index < -0.39 is 21.3 Å². The van der Waals surface area contributed by atoms with E-state index in [-0.39, 0.29) is 44.2 Å². The second kappa shape index (κ2) is 7.18. The summed E-state index contributed by atoms with van der Waals surface area (Å²) in [4.78, 5) is 0. The average Bonchev–Trinajstić information content (AvgIpc) is 2.01. The Hall–Kier alpha value is 0.790. The number of nitrogens with two attached hydrogens (primary N) is 1. The Bertz CT molecular complexity index is 266. The molecule has 0 aliphatic rings. The predicted octanol–water partition coefficient (Wildman–Crippen LogP) is -2.94. The maximum Gasteiger partial charge on any atom is 1.00 e. The number of ether oxygens (including phenoxy) is 2. The van der Waals surface area contributed by atoms with Gasteiger partial charge in [0, 0.05) is 13.2 Å². The van der Waals surface area contributed by atoms with Crippen LogP contribution in [0.4, 0.5) is 0 Å². The zero-order chi connectivity index (χ0) is 11.4. The second-order valence-electron chi connectivity index (χ2n) is 2.73. The monoisotopic (exact) mass is 251 g/mol. The molecule has 0 aromatic carbocycles. The van der Waals surface area contributed by atoms with E-state index in [4.69, 9.17) is 19.8 Å². The van der Waals surface area contributed by atoms with Crippen molar-refractivity contribution in [3.8, 4) is 0 Å². The molecule has 0 aliphatic heterocycles. The summed E-state index contributed by atoms with van der Waals surface area (Å²) in [6.07, 6.45) is 0. The predicted molar refractivity (Wildman–Crippen MR) is 52.3 cm³/mol. The van der Waals surface area contributed by atoms with Gasteiger partial charge in [0.2, 0.25) is 0 Å². The Morgan fingerprint density at radius 3 is 1.87 bits per heavy atom. The van der Waals surface area contributed by atoms with Crippen LogP contribution < -0.4 is 35.3 Å². The van der Waals surface area contributed by atoms with Gasteiger partial charge in [-0.1, -0.05) is 0 Å². The van der Waals surface area contributed by atoms with Gasteiger partial charge in [-0.2, -0.15) is 8.42 Å². The largest absolute Gasteiger partial charge is 1.00 e. The second-order valence-corrected chi connectivity index (χ2v) is 4.25. The molecule has 1 unspecified atom stereocenters. The fourth-order valence-electron chi connectivity index (χ4n) is 1.09. The number of hydrogen-bond donors (Lipinski definition) is 2. The van der Waals surface area contributed by atoms with Crippen LogP contribution in [0.5, 0.6) is 0 Å². The molecular formula is C7H18NNaO5S. The summed E-state index contributed by atoms with van der Waals surface area (Å²) >= 11 is 0. The van der Waals surface area contributed by atoms with E-state index in [1.54, 1.807) is 13.8 Å². The maximum atomic E-state index is 11.1. The van der Waals surface area contributed by atoms with Crippen molar-refractivity contribution in [2.75, 3.05) is 13.2 Å². The molecule has 0 saturated carbocycles. The van der Waals surface area contributed by atoms with Gasteiger partial charge < -0.3 is 16.6 Å². The molecule has 0 aromatic heterocycles. The first-order valence-electron chi connectivity index (χ1n) is 4.32. The summed E-state index contributed by atoms with van der Waals surface area (Å²) in [5.41, 5.74) is 5.44. The third-order valence-corrected chi connectivity index (χ3v) is 2.93. The Labute approximate surface area is 114 Å². The van der Waals surface area contributed by atoms with Crippen molar-refractivity contribution in [1.29, 1.82) is 0 Å². The molecule has 1 atom stereocenters. The third-order valence-electron chi connectivity index (χ3n) is 1.61. The number of rotatable bonds is 6. The van der Waals surface area contributed by atoms with Gasteiger partial charge in [-0.25, -0.2) is 0 Å². The van der Waals surface area contributed by atoms with Crippen LogP contribution in [0.15, 0.2) is 0 Å². The molecule has 8 heteroatoms. The van der Waals surface area contributed by atoms with E-state index in [9.17, 15) is 8.42 Å². The number of hydrogen-bond acceptors (Lipinski definition) is 5. The van der Waals surface area contributed by atoms with E-state index in [1.807, 2.05) is 0 Å². The Kier molecular flexibility index (Phi) is 8.70. The van der Waals surface area contributed by atoms with Gasteiger partial charge in [-0.05, 0) is 20.8 Å². The van der Waals surface area contributed by atoms with Crippen LogP contribution in [0.2, 0.25) is 0 Å². The third kappa shape index (κ3) is 4.27. The topological polar surface area (TPSA) is 98.9 Å². The standard InChI is InChI=1S/C7H17NO5S.Na.H/c1-4-12-7(6(3)8,13-5-2)14(9,10)11;;/h6H,4-5,8H2,1-3H3,(H,9,10,11);;/q;+1;-1. The minimum Gasteiger partial charge on any atom is -1.00 e. The van der Waals surface area contributed by atoms with E-state index in [1.165, 1.54) is 6.92 Å². The van der Waals surface area contributed by atoms with Gasteiger partial charge in [-0.15, -0.1) is 0 Å². The molecular weight excluding hydrogens is 233 g/mol. The zero-order valence-corrected chi connectivity index (χ0v) is 12.4. The molecule has 0 fully saturated rings. The summed E-state index contributed by atoms with van der Waals surface area (Å²) in [6.45, 7) is 4.70. The fraction of sp³-hybridized carbons (Fsp3) is 1.00. The first kappa shape index (κ1) is 18.2. The Balaban J connectivity index is -0.000000845. The smallest absolute Gasteiger partial charge is 1.00 e. The molecule has 3 N–H and O–H groups in total. The van der Waals surface area contributed by atoms with Crippen molar-refractivity contribution in [2.45, 2.75) is 31.9 Å². The fourth-order valence-corrected chi connectivity index (χ4v) is 2.09. The van der Waals surface area contributed by atoms with Crippen molar-refractivity contribution in [3.63, 3.8) is 0 Å². The molecule has 0 rings (SSSR count). The maximum absolute atomic E-state index is 11.1. The molecule has 15 heavy (non-hydrogen) atoms. The van der Waals surface area contributed by atoms with Gasteiger partial charge in [0.05, 0.1) is 6.04 Å². The Morgan fingerprint density at radius 2 is 1.73 bits per heavy atom. The minimum absolute atomic E-state index is 0. The molecule has 0 amide bonds. The van der Waals surface area contributed by atoms with E-state index >= 15 is 0 Å². The summed E-state index contributed by atoms with van der Waals surface area (Å²) in [6, 6.07) is -0.989. The summed E-state index contributed by atoms with van der Waals surface area (Å²) in [5.74, 6) is 0. The van der Waals surface area contributed by atoms with Crippen LogP contribution in [-0.4, -0.2) is 37.3 Å². The van der Waals surface area contributed by atoms with Gasteiger partial charge in [0.25, 0.3) is 0 Å². The molecule has 0 bridgehead atoms. The summed E-state index contributed by atoms with van der Waals surface area (Å²) in [7, 11) is -4.52. The van der Waals surface area contributed by atoms with Crippen molar-refractivity contribution in [3.05, 3.63) is 0 Å². The van der Waals surface area contributed by atoms with Crippen LogP contribution >= 0.6 is 0 Å².